The summed E-state index contributed by atoms with van der Waals surface area (Å²) < 4.78 is 5.61. The summed E-state index contributed by atoms with van der Waals surface area (Å²) in [6, 6.07) is 20.9. The van der Waals surface area contributed by atoms with Crippen molar-refractivity contribution in [3.63, 3.8) is 0 Å². The van der Waals surface area contributed by atoms with E-state index in [0.29, 0.717) is 78.1 Å². The number of amides is 3. The number of aromatic amines is 1. The quantitative estimate of drug-likeness (QED) is 0.180. The van der Waals surface area contributed by atoms with Crippen molar-refractivity contribution in [1.82, 2.24) is 40.6 Å². The molecule has 0 radical (unpaired) electrons. The summed E-state index contributed by atoms with van der Waals surface area (Å²) in [4.78, 5) is 45.6. The van der Waals surface area contributed by atoms with Gasteiger partial charge in [-0.05, 0) is 91.7 Å². The average molecular weight is 776 g/mol. The van der Waals surface area contributed by atoms with Crippen molar-refractivity contribution in [2.45, 2.75) is 49.5 Å². The van der Waals surface area contributed by atoms with Crippen molar-refractivity contribution in [3.8, 4) is 17.1 Å². The molecular weight excluding hydrogens is 731 g/mol. The number of methoxy groups -OCH3 is 1. The minimum Gasteiger partial charge on any atom is -0.496 e. The van der Waals surface area contributed by atoms with Gasteiger partial charge in [0.05, 0.1) is 34.2 Å². The summed E-state index contributed by atoms with van der Waals surface area (Å²) in [5, 5.41) is 28.2. The Kier molecular flexibility index (Phi) is 11.1. The van der Waals surface area contributed by atoms with E-state index in [9.17, 15) is 19.5 Å². The number of carbonyl (C=O) groups is 3. The summed E-state index contributed by atoms with van der Waals surface area (Å²) in [7, 11) is 1.54. The molecule has 13 nitrogen and oxygen atoms in total. The molecule has 3 aliphatic rings. The highest BCUT2D eigenvalue weighted by Crippen LogP contribution is 2.42. The molecule has 3 N–H and O–H groups in total. The first kappa shape index (κ1) is 37.6. The van der Waals surface area contributed by atoms with Crippen LogP contribution in [0, 0.1) is 5.92 Å². The molecule has 2 unspecified atom stereocenters. The van der Waals surface area contributed by atoms with Gasteiger partial charge >= 0.3 is 12.0 Å². The zero-order valence-electron chi connectivity index (χ0n) is 30.1. The molecule has 3 aliphatic heterocycles. The number of carbonyl (C=O) groups excluding carboxylic acids is 2. The van der Waals surface area contributed by atoms with Crippen LogP contribution in [0.25, 0.3) is 11.4 Å². The van der Waals surface area contributed by atoms with E-state index in [1.54, 1.807) is 30.2 Å². The molecule has 15 heteroatoms. The molecule has 3 fully saturated rings. The topological polar surface area (TPSA) is 157 Å². The fourth-order valence-corrected chi connectivity index (χ4v) is 8.64. The van der Waals surface area contributed by atoms with Crippen molar-refractivity contribution >= 4 is 41.1 Å². The van der Waals surface area contributed by atoms with Crippen LogP contribution in [-0.4, -0.2) is 111 Å². The molecule has 4 aromatic rings. The molecule has 3 amide bonds. The van der Waals surface area contributed by atoms with Gasteiger partial charge in [0.2, 0.25) is 5.82 Å². The van der Waals surface area contributed by atoms with E-state index >= 15 is 0 Å². The Morgan fingerprint density at radius 1 is 0.944 bits per heavy atom. The van der Waals surface area contributed by atoms with E-state index in [2.05, 4.69) is 43.0 Å². The van der Waals surface area contributed by atoms with E-state index < -0.39 is 17.4 Å². The third-order valence-corrected chi connectivity index (χ3v) is 12.3. The Hall–Kier alpha value is -4.72. The smallest absolute Gasteiger partial charge is 0.318 e. The summed E-state index contributed by atoms with van der Waals surface area (Å²) in [5.74, 6) is -0.713. The molecule has 3 aromatic carbocycles. The van der Waals surface area contributed by atoms with Gasteiger partial charge in [-0.3, -0.25) is 9.59 Å². The fraction of sp³-hybridized carbons (Fsp3) is 0.436. The van der Waals surface area contributed by atoms with Gasteiger partial charge in [0, 0.05) is 50.2 Å². The number of H-pyrrole nitrogens is 1. The van der Waals surface area contributed by atoms with Crippen LogP contribution in [0.3, 0.4) is 0 Å². The summed E-state index contributed by atoms with van der Waals surface area (Å²) in [6.45, 7) is 4.03. The maximum atomic E-state index is 14.2. The van der Waals surface area contributed by atoms with Crippen LogP contribution < -0.4 is 10.1 Å². The van der Waals surface area contributed by atoms with Crippen LogP contribution in [0.5, 0.6) is 5.75 Å². The monoisotopic (exact) mass is 774 g/mol. The highest BCUT2D eigenvalue weighted by Gasteiger charge is 2.44. The molecule has 4 heterocycles. The number of hydrogen-bond acceptors (Lipinski definition) is 8. The SMILES string of the molecule is COc1ccc(-c2nn[nH]n2)cc1C(=O)N1CCC(CCN2CCC(NC(=O)N3CCCC(C(=O)O)C3)(c3ccccc3)CC2)(c2ccc(Cl)c(Cl)c2)C1. The van der Waals surface area contributed by atoms with E-state index in [1.807, 2.05) is 41.3 Å². The first-order valence-corrected chi connectivity index (χ1v) is 19.1. The lowest BCUT2D eigenvalue weighted by Crippen LogP contribution is -2.57. The van der Waals surface area contributed by atoms with Crippen LogP contribution >= 0.6 is 23.2 Å². The molecule has 1 aromatic heterocycles. The molecular formula is C39H44Cl2N8O5. The number of aromatic nitrogens is 4. The molecule has 2 atom stereocenters. The number of aliphatic carboxylic acids is 1. The number of nitrogens with zero attached hydrogens (tertiary/aromatic N) is 6. The Balaban J connectivity index is 1.08. The van der Waals surface area contributed by atoms with Crippen LogP contribution in [-0.2, 0) is 15.7 Å². The van der Waals surface area contributed by atoms with Gasteiger partial charge < -0.3 is 29.9 Å². The van der Waals surface area contributed by atoms with Crippen molar-refractivity contribution in [2.75, 3.05) is 52.9 Å². The normalized spacial score (nSPS) is 21.5. The van der Waals surface area contributed by atoms with Crippen molar-refractivity contribution < 1.29 is 24.2 Å². The fourth-order valence-electron chi connectivity index (χ4n) is 8.34. The lowest BCUT2D eigenvalue weighted by molar-refractivity contribution is -0.143. The van der Waals surface area contributed by atoms with Gasteiger partial charge in [-0.15, -0.1) is 10.2 Å². The van der Waals surface area contributed by atoms with Crippen LogP contribution in [0.2, 0.25) is 10.0 Å². The number of hydrogen-bond donors (Lipinski definition) is 3. The van der Waals surface area contributed by atoms with E-state index in [0.717, 1.165) is 43.6 Å². The number of nitrogens with one attached hydrogen (secondary N) is 2. The maximum absolute atomic E-state index is 14.2. The second kappa shape index (κ2) is 15.9. The lowest BCUT2D eigenvalue weighted by Gasteiger charge is -2.45. The molecule has 0 saturated carbocycles. The first-order chi connectivity index (χ1) is 26.1. The summed E-state index contributed by atoms with van der Waals surface area (Å²) in [5.41, 5.74) is 2.17. The van der Waals surface area contributed by atoms with Gasteiger partial charge in [0.1, 0.15) is 5.75 Å². The van der Waals surface area contributed by atoms with Gasteiger partial charge in [-0.25, -0.2) is 4.79 Å². The lowest BCUT2D eigenvalue weighted by atomic mass is 9.76. The van der Waals surface area contributed by atoms with Crippen molar-refractivity contribution in [2.24, 2.45) is 5.92 Å². The average Bonchev–Trinajstić information content (AvgIpc) is 3.91. The second-order valence-electron chi connectivity index (χ2n) is 14.6. The Morgan fingerprint density at radius 3 is 2.44 bits per heavy atom. The molecule has 0 bridgehead atoms. The standard InChI is InChI=1S/C39H44Cl2N8O5/c1-54-33-12-9-26(34-43-45-46-44-34)22-30(33)35(50)49-21-14-38(25-49,29-10-11-31(40)32(41)23-29)13-18-47-19-15-39(16-20-47,28-7-3-2-4-8-28)42-37(53)48-17-5-6-27(24-48)36(51)52/h2-4,7-12,22-23,27H,5-6,13-21,24-25H2,1H3,(H,42,53)(H,51,52)(H,43,44,45,46). The number of carboxylic acid groups (broad SMARTS) is 1. The van der Waals surface area contributed by atoms with Gasteiger partial charge in [-0.2, -0.15) is 5.21 Å². The number of halogens is 2. The zero-order valence-corrected chi connectivity index (χ0v) is 31.7. The Labute approximate surface area is 323 Å². The number of urea groups is 1. The number of carboxylic acids is 1. The van der Waals surface area contributed by atoms with Gasteiger partial charge in [0.15, 0.2) is 0 Å². The Bertz CT molecular complexity index is 1970. The molecule has 3 saturated heterocycles. The molecule has 54 heavy (non-hydrogen) atoms. The molecule has 7 rings (SSSR count). The largest absolute Gasteiger partial charge is 0.496 e. The van der Waals surface area contributed by atoms with Gasteiger partial charge in [-0.1, -0.05) is 59.6 Å². The molecule has 0 aliphatic carbocycles. The third kappa shape index (κ3) is 7.75. The summed E-state index contributed by atoms with van der Waals surface area (Å²) >= 11 is 13.0. The van der Waals surface area contributed by atoms with E-state index in [4.69, 9.17) is 27.9 Å². The number of likely N-dealkylation sites (tertiary alicyclic amines) is 3. The Morgan fingerprint density at radius 2 is 1.74 bits per heavy atom. The minimum absolute atomic E-state index is 0.149. The predicted molar refractivity (Wildman–Crippen MR) is 204 cm³/mol. The van der Waals surface area contributed by atoms with Crippen molar-refractivity contribution in [3.05, 3.63) is 93.5 Å². The predicted octanol–water partition coefficient (Wildman–Crippen LogP) is 5.85. The van der Waals surface area contributed by atoms with Crippen LogP contribution in [0.1, 0.15) is 60.0 Å². The number of rotatable bonds is 10. The molecule has 0 spiro atoms. The van der Waals surface area contributed by atoms with E-state index in [1.165, 1.54) is 0 Å². The zero-order chi connectivity index (χ0) is 37.9. The molecule has 284 valence electrons. The van der Waals surface area contributed by atoms with Crippen LogP contribution in [0.4, 0.5) is 4.79 Å². The first-order valence-electron chi connectivity index (χ1n) is 18.3. The minimum atomic E-state index is -0.860. The summed E-state index contributed by atoms with van der Waals surface area (Å²) in [6.07, 6.45) is 4.13. The second-order valence-corrected chi connectivity index (χ2v) is 15.4. The van der Waals surface area contributed by atoms with Crippen LogP contribution in [0.15, 0.2) is 66.7 Å². The number of benzene rings is 3. The van der Waals surface area contributed by atoms with E-state index in [-0.39, 0.29) is 23.9 Å². The van der Waals surface area contributed by atoms with Gasteiger partial charge in [0.25, 0.3) is 5.91 Å². The number of ether oxygens (including phenoxy) is 1. The maximum Gasteiger partial charge on any atom is 0.318 e. The number of piperidine rings is 2. The highest BCUT2D eigenvalue weighted by atomic mass is 35.5. The highest BCUT2D eigenvalue weighted by molar-refractivity contribution is 6.42. The number of tetrazole rings is 1. The third-order valence-electron chi connectivity index (χ3n) is 11.6. The van der Waals surface area contributed by atoms with Crippen molar-refractivity contribution in [1.29, 1.82) is 0 Å².